The summed E-state index contributed by atoms with van der Waals surface area (Å²) in [6.45, 7) is 3.76. The molecule has 1 unspecified atom stereocenters. The molecule has 2 aliphatic heterocycles. The smallest absolute Gasteiger partial charge is 0.324 e. The lowest BCUT2D eigenvalue weighted by atomic mass is 10.0. The molecule has 0 spiro atoms. The van der Waals surface area contributed by atoms with E-state index in [9.17, 15) is 13.2 Å². The van der Waals surface area contributed by atoms with E-state index in [1.54, 1.807) is 11.9 Å². The lowest BCUT2D eigenvalue weighted by Gasteiger charge is -2.33. The van der Waals surface area contributed by atoms with Gasteiger partial charge in [-0.2, -0.15) is 9.98 Å². The zero-order valence-electron chi connectivity index (χ0n) is 13.1. The van der Waals surface area contributed by atoms with Crippen molar-refractivity contribution in [3.63, 3.8) is 0 Å². The molecule has 0 aliphatic carbocycles. The Morgan fingerprint density at radius 3 is 2.38 bits per heavy atom. The van der Waals surface area contributed by atoms with Crippen LogP contribution in [0.4, 0.5) is 13.2 Å². The van der Waals surface area contributed by atoms with Gasteiger partial charge in [0.05, 0.1) is 17.4 Å². The lowest BCUT2D eigenvalue weighted by Crippen LogP contribution is -2.46. The number of halogens is 4. The predicted octanol–water partition coefficient (Wildman–Crippen LogP) is 3.48. The fraction of sp³-hybridized carbons (Fsp3) is 0.267. The number of quaternary nitrogens is 1. The van der Waals surface area contributed by atoms with Crippen molar-refractivity contribution in [2.75, 3.05) is 7.05 Å². The van der Waals surface area contributed by atoms with Crippen molar-refractivity contribution in [3.8, 4) is 0 Å². The molecule has 24 heavy (non-hydrogen) atoms. The van der Waals surface area contributed by atoms with Crippen molar-refractivity contribution >= 4 is 35.9 Å². The fourth-order valence-electron chi connectivity index (χ4n) is 2.50. The van der Waals surface area contributed by atoms with Crippen molar-refractivity contribution < 1.29 is 17.3 Å². The minimum atomic E-state index is -1.05. The Morgan fingerprint density at radius 1 is 1.17 bits per heavy atom. The maximum Gasteiger partial charge on any atom is 0.383 e. The molecule has 0 saturated carbocycles. The van der Waals surface area contributed by atoms with E-state index in [1.807, 2.05) is 13.8 Å². The molecule has 3 rings (SSSR count). The normalized spacial score (nSPS) is 22.2. The SMILES string of the molecule is CC(C)N(C)C1=C(c2c(F)cc(F)cc2F)C=NC2=NC=N[N+]21Cl. The van der Waals surface area contributed by atoms with Gasteiger partial charge in [0.2, 0.25) is 11.8 Å². The first kappa shape index (κ1) is 16.7. The molecule has 0 saturated heterocycles. The van der Waals surface area contributed by atoms with Crippen molar-refractivity contribution in [1.29, 1.82) is 0 Å². The van der Waals surface area contributed by atoms with E-state index >= 15 is 0 Å². The summed E-state index contributed by atoms with van der Waals surface area (Å²) in [5.74, 6) is -2.66. The highest BCUT2D eigenvalue weighted by molar-refractivity contribution is 6.22. The molecule has 2 aliphatic rings. The highest BCUT2D eigenvalue weighted by atomic mass is 35.5. The van der Waals surface area contributed by atoms with Gasteiger partial charge in [0, 0.05) is 29.3 Å². The number of benzene rings is 1. The first-order valence-electron chi connectivity index (χ1n) is 7.13. The van der Waals surface area contributed by atoms with E-state index < -0.39 is 27.1 Å². The van der Waals surface area contributed by atoms with Gasteiger partial charge in [0.15, 0.2) is 6.34 Å². The van der Waals surface area contributed by atoms with Gasteiger partial charge in [0.25, 0.3) is 5.82 Å². The molecular formula is C15H14ClF3N5+. The average molecular weight is 357 g/mol. The van der Waals surface area contributed by atoms with Crippen LogP contribution in [0.5, 0.6) is 0 Å². The fourth-order valence-corrected chi connectivity index (χ4v) is 2.83. The topological polar surface area (TPSA) is 40.3 Å². The summed E-state index contributed by atoms with van der Waals surface area (Å²) in [4.78, 5) is 9.73. The molecule has 1 aromatic carbocycles. The molecule has 1 aromatic rings. The highest BCUT2D eigenvalue weighted by Gasteiger charge is 2.50. The standard InChI is InChI=1S/C15H14ClF3N5/c1-8(2)23(3)14-10(6-20-15-21-7-22-24(14,15)16)13-11(18)4-9(17)5-12(13)19/h4-8H,1-3H3/q+1. The van der Waals surface area contributed by atoms with Crippen LogP contribution < -0.4 is 0 Å². The Morgan fingerprint density at radius 2 is 1.79 bits per heavy atom. The van der Waals surface area contributed by atoms with Gasteiger partial charge in [-0.1, -0.05) is 0 Å². The number of fused-ring (bicyclic) bond motifs is 1. The Bertz CT molecular complexity index is 807. The van der Waals surface area contributed by atoms with Gasteiger partial charge in [-0.25, -0.2) is 13.2 Å². The Kier molecular flexibility index (Phi) is 3.97. The van der Waals surface area contributed by atoms with E-state index in [1.165, 1.54) is 12.6 Å². The lowest BCUT2D eigenvalue weighted by molar-refractivity contribution is -0.692. The molecule has 1 atom stereocenters. The van der Waals surface area contributed by atoms with Crippen molar-refractivity contribution in [1.82, 2.24) is 4.90 Å². The molecule has 0 radical (unpaired) electrons. The van der Waals surface area contributed by atoms with Gasteiger partial charge >= 0.3 is 5.96 Å². The summed E-state index contributed by atoms with van der Waals surface area (Å²) in [6, 6.07) is 1.17. The van der Waals surface area contributed by atoms with Crippen LogP contribution >= 0.6 is 11.8 Å². The van der Waals surface area contributed by atoms with Crippen LogP contribution in [-0.4, -0.2) is 40.6 Å². The summed E-state index contributed by atoms with van der Waals surface area (Å²) in [7, 11) is 1.71. The van der Waals surface area contributed by atoms with Gasteiger partial charge in [-0.05, 0) is 18.9 Å². The molecular weight excluding hydrogens is 343 g/mol. The summed E-state index contributed by atoms with van der Waals surface area (Å²) >= 11 is 6.53. The number of hydrogen-bond acceptors (Lipinski definition) is 4. The van der Waals surface area contributed by atoms with Crippen molar-refractivity contribution in [2.24, 2.45) is 15.1 Å². The predicted molar refractivity (Wildman–Crippen MR) is 86.7 cm³/mol. The summed E-state index contributed by atoms with van der Waals surface area (Å²) < 4.78 is 41.1. The first-order chi connectivity index (χ1) is 11.3. The van der Waals surface area contributed by atoms with Crippen LogP contribution in [0, 0.1) is 17.5 Å². The van der Waals surface area contributed by atoms with Crippen molar-refractivity contribution in [2.45, 2.75) is 19.9 Å². The monoisotopic (exact) mass is 356 g/mol. The molecule has 9 heteroatoms. The second-order valence-corrected chi connectivity index (χ2v) is 6.15. The Labute approximate surface area is 141 Å². The minimum absolute atomic E-state index is 0.0566. The molecule has 0 amide bonds. The van der Waals surface area contributed by atoms with Crippen LogP contribution in [-0.2, 0) is 0 Å². The number of rotatable bonds is 3. The minimum Gasteiger partial charge on any atom is -0.324 e. The maximum atomic E-state index is 14.3. The molecule has 2 heterocycles. The highest BCUT2D eigenvalue weighted by Crippen LogP contribution is 2.39. The molecule has 0 fully saturated rings. The van der Waals surface area contributed by atoms with E-state index in [0.29, 0.717) is 12.1 Å². The summed E-state index contributed by atoms with van der Waals surface area (Å²) in [6.07, 6.45) is 2.49. The summed E-state index contributed by atoms with van der Waals surface area (Å²) in [5, 5.41) is 4.07. The first-order valence-corrected chi connectivity index (χ1v) is 7.47. The third-order valence-electron chi connectivity index (χ3n) is 3.86. The van der Waals surface area contributed by atoms with E-state index in [-0.39, 0.29) is 23.4 Å². The van der Waals surface area contributed by atoms with Crippen LogP contribution in [0.2, 0.25) is 0 Å². The van der Waals surface area contributed by atoms with Gasteiger partial charge in [-0.3, -0.25) is 0 Å². The second kappa shape index (κ2) is 5.71. The molecule has 126 valence electrons. The average Bonchev–Trinajstić information content (AvgIpc) is 2.86. The number of aliphatic imine (C=N–C) groups is 2. The van der Waals surface area contributed by atoms with Crippen LogP contribution in [0.3, 0.4) is 0 Å². The quantitative estimate of drug-likeness (QED) is 0.764. The van der Waals surface area contributed by atoms with E-state index in [0.717, 1.165) is 0 Å². The van der Waals surface area contributed by atoms with Crippen LogP contribution in [0.1, 0.15) is 19.4 Å². The largest absolute Gasteiger partial charge is 0.383 e. The van der Waals surface area contributed by atoms with Gasteiger partial charge < -0.3 is 4.90 Å². The van der Waals surface area contributed by atoms with E-state index in [4.69, 9.17) is 11.8 Å². The number of hydrogen-bond donors (Lipinski definition) is 0. The van der Waals surface area contributed by atoms with Gasteiger partial charge in [0.1, 0.15) is 17.5 Å². The number of nitrogens with zero attached hydrogens (tertiary/aromatic N) is 5. The summed E-state index contributed by atoms with van der Waals surface area (Å²) in [5.41, 5.74) is -0.337. The number of allylic oxidation sites excluding steroid dienone is 1. The molecule has 0 N–H and O–H groups in total. The zero-order chi connectivity index (χ0) is 17.6. The third kappa shape index (κ3) is 2.42. The molecule has 5 nitrogen and oxygen atoms in total. The maximum absolute atomic E-state index is 14.3. The third-order valence-corrected chi connectivity index (χ3v) is 4.26. The molecule has 0 bridgehead atoms. The second-order valence-electron chi connectivity index (χ2n) is 5.66. The van der Waals surface area contributed by atoms with E-state index in [2.05, 4.69) is 15.1 Å². The van der Waals surface area contributed by atoms with Crippen LogP contribution in [0.15, 0.2) is 33.0 Å². The number of guanidine groups is 1. The Hall–Kier alpha value is -2.19. The van der Waals surface area contributed by atoms with Crippen LogP contribution in [0.25, 0.3) is 5.57 Å². The Balaban J connectivity index is 2.32. The zero-order valence-corrected chi connectivity index (χ0v) is 13.9. The van der Waals surface area contributed by atoms with Crippen molar-refractivity contribution in [3.05, 3.63) is 41.0 Å². The van der Waals surface area contributed by atoms with Gasteiger partial charge in [-0.15, -0.1) is 0 Å². The molecule has 0 aromatic heterocycles.